The van der Waals surface area contributed by atoms with Gasteiger partial charge < -0.3 is 40.9 Å². The Labute approximate surface area is 418 Å². The summed E-state index contributed by atoms with van der Waals surface area (Å²) < 4.78 is 0. The minimum atomic E-state index is -1.39. The fraction of sp³-hybridized carbons (Fsp3) is 0.396. The molecule has 0 amide bonds. The summed E-state index contributed by atoms with van der Waals surface area (Å²) >= 11 is 25.4. The number of carboxylic acid groups (broad SMARTS) is 4. The number of fused-ring (bicyclic) bond motifs is 5. The molecule has 4 aromatic rings. The van der Waals surface area contributed by atoms with Crippen molar-refractivity contribution in [3.63, 3.8) is 0 Å². The Hall–Kier alpha value is -5.40. The molecule has 3 unspecified atom stereocenters. The van der Waals surface area contributed by atoms with Crippen molar-refractivity contribution in [1.29, 1.82) is 0 Å². The third-order valence-electron chi connectivity index (χ3n) is 16.7. The molecule has 16 heteroatoms. The molecule has 12 nitrogen and oxygen atoms in total. The van der Waals surface area contributed by atoms with Crippen molar-refractivity contribution in [1.82, 2.24) is 0 Å². The van der Waals surface area contributed by atoms with E-state index < -0.39 is 69.1 Å². The molecule has 364 valence electrons. The average Bonchev–Trinajstić information content (AvgIpc) is 3.63. The number of phenols is 4. The Morgan fingerprint density at radius 1 is 0.507 bits per heavy atom. The van der Waals surface area contributed by atoms with Crippen molar-refractivity contribution in [2.24, 2.45) is 46.3 Å². The molecule has 0 heterocycles. The Kier molecular flexibility index (Phi) is 13.8. The smallest absolute Gasteiger partial charge is 0.339 e. The first-order chi connectivity index (χ1) is 32.5. The van der Waals surface area contributed by atoms with Gasteiger partial charge >= 0.3 is 23.9 Å². The lowest BCUT2D eigenvalue weighted by atomic mass is 9.44. The van der Waals surface area contributed by atoms with Crippen molar-refractivity contribution in [3.05, 3.63) is 125 Å². The van der Waals surface area contributed by atoms with Gasteiger partial charge in [-0.3, -0.25) is 0 Å². The van der Waals surface area contributed by atoms with E-state index in [4.69, 9.17) is 46.4 Å². The van der Waals surface area contributed by atoms with Crippen LogP contribution in [0.15, 0.2) is 60.7 Å². The van der Waals surface area contributed by atoms with E-state index in [1.54, 1.807) is 0 Å². The number of carbonyl (C=O) groups is 4. The predicted molar refractivity (Wildman–Crippen MR) is 262 cm³/mol. The summed E-state index contributed by atoms with van der Waals surface area (Å²) in [5.41, 5.74) is 0.778. The van der Waals surface area contributed by atoms with Gasteiger partial charge in [0, 0.05) is 0 Å². The molecular weight excluding hydrogens is 970 g/mol. The molecule has 0 bridgehead atoms. The monoisotopic (exact) mass is 1020 g/mol. The van der Waals surface area contributed by atoms with Gasteiger partial charge in [-0.05, 0) is 199 Å². The number of benzene rings is 4. The second kappa shape index (κ2) is 19.1. The van der Waals surface area contributed by atoms with Crippen LogP contribution in [0.4, 0.5) is 0 Å². The molecule has 4 fully saturated rings. The van der Waals surface area contributed by atoms with E-state index in [-0.39, 0.29) is 42.8 Å². The number of hydrogen-bond donors (Lipinski definition) is 8. The number of hydrogen-bond acceptors (Lipinski definition) is 8. The maximum absolute atomic E-state index is 12.2. The van der Waals surface area contributed by atoms with Gasteiger partial charge in [-0.15, -0.1) is 0 Å². The van der Waals surface area contributed by atoms with E-state index in [1.165, 1.54) is 48.5 Å². The Balaban J connectivity index is 1.04. The lowest BCUT2D eigenvalue weighted by molar-refractivity contribution is -0.117. The molecule has 0 aliphatic heterocycles. The van der Waals surface area contributed by atoms with Crippen LogP contribution in [0.3, 0.4) is 0 Å². The number of rotatable bonds is 12. The molecule has 8 rings (SSSR count). The molecule has 4 aliphatic carbocycles. The van der Waals surface area contributed by atoms with Gasteiger partial charge in [0.15, 0.2) is 0 Å². The topological polar surface area (TPSA) is 230 Å². The van der Waals surface area contributed by atoms with Crippen LogP contribution in [0, 0.1) is 46.3 Å². The van der Waals surface area contributed by atoms with E-state index in [9.17, 15) is 60.0 Å². The quantitative estimate of drug-likeness (QED) is 0.0663. The van der Waals surface area contributed by atoms with E-state index in [2.05, 4.69) is 13.8 Å². The zero-order valence-corrected chi connectivity index (χ0v) is 40.8. The summed E-state index contributed by atoms with van der Waals surface area (Å²) in [6.45, 7) is 4.87. The summed E-state index contributed by atoms with van der Waals surface area (Å²) in [6, 6.07) is 10.9. The van der Waals surface area contributed by atoms with E-state index >= 15 is 0 Å². The molecule has 4 aromatic carbocycles. The van der Waals surface area contributed by atoms with E-state index in [0.29, 0.717) is 69.9 Å². The van der Waals surface area contributed by atoms with Crippen LogP contribution in [-0.4, -0.2) is 64.7 Å². The summed E-state index contributed by atoms with van der Waals surface area (Å²) in [6.07, 6.45) is 14.3. The van der Waals surface area contributed by atoms with E-state index in [1.807, 2.05) is 12.2 Å². The third kappa shape index (κ3) is 9.14. The van der Waals surface area contributed by atoms with Crippen LogP contribution in [0.1, 0.15) is 148 Å². The van der Waals surface area contributed by atoms with Crippen molar-refractivity contribution < 1.29 is 60.0 Å². The fourth-order valence-corrected chi connectivity index (χ4v) is 14.0. The highest BCUT2D eigenvalue weighted by molar-refractivity contribution is 6.34. The second-order valence-corrected chi connectivity index (χ2v) is 21.6. The van der Waals surface area contributed by atoms with Crippen LogP contribution in [-0.2, 0) is 0 Å². The van der Waals surface area contributed by atoms with Crippen molar-refractivity contribution in [2.75, 3.05) is 0 Å². The molecule has 0 saturated heterocycles. The first kappa shape index (κ1) is 50.0. The van der Waals surface area contributed by atoms with Gasteiger partial charge in [-0.2, -0.15) is 0 Å². The van der Waals surface area contributed by atoms with Gasteiger partial charge in [-0.1, -0.05) is 72.4 Å². The number of carboxylic acids is 4. The number of halogens is 4. The highest BCUT2D eigenvalue weighted by atomic mass is 35.5. The summed E-state index contributed by atoms with van der Waals surface area (Å²) in [4.78, 5) is 48.5. The highest BCUT2D eigenvalue weighted by Crippen LogP contribution is 2.68. The molecule has 69 heavy (non-hydrogen) atoms. The lowest BCUT2D eigenvalue weighted by Crippen LogP contribution is -2.53. The zero-order valence-electron chi connectivity index (χ0n) is 37.7. The van der Waals surface area contributed by atoms with Gasteiger partial charge in [0.1, 0.15) is 45.3 Å². The van der Waals surface area contributed by atoms with Crippen LogP contribution in [0.2, 0.25) is 20.1 Å². The minimum Gasteiger partial charge on any atom is -0.505 e. The maximum atomic E-state index is 12.2. The lowest BCUT2D eigenvalue weighted by Gasteiger charge is -2.61. The third-order valence-corrected chi connectivity index (χ3v) is 17.8. The summed E-state index contributed by atoms with van der Waals surface area (Å²) in [5, 5.41) is 80.7. The molecular formula is C53H52Cl4O12. The van der Waals surface area contributed by atoms with Gasteiger partial charge in [0.25, 0.3) is 0 Å². The van der Waals surface area contributed by atoms with E-state index in [0.717, 1.165) is 57.8 Å². The van der Waals surface area contributed by atoms with Crippen LogP contribution in [0.25, 0.3) is 11.1 Å². The Morgan fingerprint density at radius 2 is 0.884 bits per heavy atom. The summed E-state index contributed by atoms with van der Waals surface area (Å²) in [5.74, 6) is -5.41. The standard InChI is InChI=1S/C53H52Cl4O12/c1-52-14-12-39-33(38(52)10-6-29(52)4-8-32(27-18-36(50(66)67)46(60)42(56)22-27)28-19-37(51(68)69)47(61)43(57)23-28)9-5-30-15-24(11-13-53(30,39)2)3-7-31(25-16-34(48(62)63)44(58)40(54)20-25)26-17-35(49(64)65)45(59)41(55)21-26/h7-8,16-24,29-30,33,38-39,58-61H,3-6,9-15H2,1-2H3,(H,62,63)(H,64,65)(H,66,67)(H,68,69)/t24-,29-,30-,33?,38?,39?,52+,53-/m0/s1. The number of aromatic hydroxyl groups is 4. The van der Waals surface area contributed by atoms with Gasteiger partial charge in [0.2, 0.25) is 0 Å². The molecule has 4 saturated carbocycles. The summed E-state index contributed by atoms with van der Waals surface area (Å²) in [7, 11) is 0. The second-order valence-electron chi connectivity index (χ2n) is 20.0. The first-order valence-electron chi connectivity index (χ1n) is 23.0. The Bertz CT molecular complexity index is 2730. The molecule has 4 aliphatic rings. The fourth-order valence-electron chi connectivity index (χ4n) is 13.1. The van der Waals surface area contributed by atoms with Crippen LogP contribution in [0.5, 0.6) is 23.0 Å². The Morgan fingerprint density at radius 3 is 1.29 bits per heavy atom. The van der Waals surface area contributed by atoms with Crippen LogP contribution < -0.4 is 0 Å². The highest BCUT2D eigenvalue weighted by Gasteiger charge is 2.60. The average molecular weight is 1020 g/mol. The van der Waals surface area contributed by atoms with Gasteiger partial charge in [0.05, 0.1) is 20.1 Å². The van der Waals surface area contributed by atoms with Gasteiger partial charge in [-0.25, -0.2) is 19.2 Å². The van der Waals surface area contributed by atoms with Crippen molar-refractivity contribution in [2.45, 2.75) is 84.5 Å². The van der Waals surface area contributed by atoms with Crippen molar-refractivity contribution >= 4 is 81.4 Å². The van der Waals surface area contributed by atoms with Crippen LogP contribution >= 0.6 is 46.4 Å². The molecule has 8 atom stereocenters. The molecule has 8 N–H and O–H groups in total. The zero-order chi connectivity index (χ0) is 50.0. The minimum absolute atomic E-state index is 0.00270. The molecule has 0 spiro atoms. The molecule has 0 radical (unpaired) electrons. The number of aromatic carboxylic acids is 4. The normalized spacial score (nSPS) is 25.9. The first-order valence-corrected chi connectivity index (χ1v) is 24.5. The largest absolute Gasteiger partial charge is 0.505 e. The maximum Gasteiger partial charge on any atom is 0.339 e. The number of allylic oxidation sites excluding steroid dienone is 2. The van der Waals surface area contributed by atoms with Crippen molar-refractivity contribution in [3.8, 4) is 23.0 Å². The SMILES string of the molecule is C[C@]12CCC3C(CC[C@H]4C[C@@H](CC=C(c5cc(Cl)c(O)c(C(=O)O)c5)c5cc(Cl)c(O)c(C(=O)O)c5)CC[C@]34C)C1CC[C@@H]2CC=C(c1cc(Cl)c(O)c(C(=O)O)c1)c1cc(Cl)c(O)c(C(=O)O)c1. The predicted octanol–water partition coefficient (Wildman–Crippen LogP) is 13.5. The molecule has 0 aromatic heterocycles.